The molecule has 0 aromatic heterocycles. The summed E-state index contributed by atoms with van der Waals surface area (Å²) in [6.45, 7) is 8.03. The average molecular weight is 458 g/mol. The number of nitrogens with one attached hydrogen (secondary N) is 2. The molecule has 0 spiro atoms. The molecule has 0 saturated heterocycles. The van der Waals surface area contributed by atoms with Gasteiger partial charge in [0.1, 0.15) is 5.71 Å². The first-order chi connectivity index (χ1) is 15.3. The van der Waals surface area contributed by atoms with E-state index in [1.807, 2.05) is 56.3 Å². The fourth-order valence-electron chi connectivity index (χ4n) is 3.65. The average Bonchev–Trinajstić information content (AvgIpc) is 2.77. The predicted molar refractivity (Wildman–Crippen MR) is 130 cm³/mol. The van der Waals surface area contributed by atoms with Gasteiger partial charge in [0.05, 0.1) is 4.90 Å². The summed E-state index contributed by atoms with van der Waals surface area (Å²) in [6, 6.07) is 13.5. The molecular formula is C25H35N3O3S. The zero-order valence-corrected chi connectivity index (χ0v) is 20.4. The molecule has 2 aromatic rings. The highest BCUT2D eigenvalue weighted by Crippen LogP contribution is 2.26. The summed E-state index contributed by atoms with van der Waals surface area (Å²) < 4.78 is 26.5. The first-order valence-electron chi connectivity index (χ1n) is 11.3. The topological polar surface area (TPSA) is 87.6 Å². The van der Waals surface area contributed by atoms with Crippen LogP contribution in [0.15, 0.2) is 52.5 Å². The highest BCUT2D eigenvalue weighted by Gasteiger charge is 2.23. The number of sulfonamides is 1. The van der Waals surface area contributed by atoms with Gasteiger partial charge in [0.2, 0.25) is 0 Å². The molecule has 0 heterocycles. The van der Waals surface area contributed by atoms with Gasteiger partial charge in [-0.05, 0) is 48.4 Å². The smallest absolute Gasteiger partial charge is 0.277 e. The Balaban J connectivity index is 2.26. The summed E-state index contributed by atoms with van der Waals surface area (Å²) >= 11 is 0. The van der Waals surface area contributed by atoms with Crippen molar-refractivity contribution in [1.29, 1.82) is 0 Å². The largest absolute Gasteiger partial charge is 0.347 e. The fraction of sp³-hybridized carbons (Fsp3) is 0.440. The van der Waals surface area contributed by atoms with Gasteiger partial charge in [0, 0.05) is 6.54 Å². The quantitative estimate of drug-likeness (QED) is 0.363. The Labute approximate surface area is 192 Å². The zero-order valence-electron chi connectivity index (χ0n) is 19.6. The molecular weight excluding hydrogens is 422 g/mol. The second kappa shape index (κ2) is 12.4. The lowest BCUT2D eigenvalue weighted by Gasteiger charge is -2.17. The van der Waals surface area contributed by atoms with Crippen LogP contribution in [-0.2, 0) is 40.6 Å². The van der Waals surface area contributed by atoms with Crippen LogP contribution in [0.2, 0.25) is 0 Å². The van der Waals surface area contributed by atoms with Gasteiger partial charge in [-0.1, -0.05) is 82.5 Å². The Kier molecular flexibility index (Phi) is 9.91. The number of hydrogen-bond donors (Lipinski definition) is 2. The van der Waals surface area contributed by atoms with Crippen molar-refractivity contribution in [3.05, 3.63) is 64.7 Å². The maximum absolute atomic E-state index is 13.2. The summed E-state index contributed by atoms with van der Waals surface area (Å²) in [6.07, 6.45) is 4.94. The minimum absolute atomic E-state index is 0.0567. The number of hydrogen-bond acceptors (Lipinski definition) is 4. The molecule has 0 fully saturated rings. The van der Waals surface area contributed by atoms with Crippen molar-refractivity contribution >= 4 is 21.6 Å². The van der Waals surface area contributed by atoms with E-state index < -0.39 is 15.9 Å². The second-order valence-electron chi connectivity index (χ2n) is 7.95. The Hall–Kier alpha value is -2.67. The SMILES string of the molecule is CCCc1cc(CCC)c(S(=O)(=O)N/N=C(/C)C(=O)NCc2ccccc2)c(CCC)c1. The van der Waals surface area contributed by atoms with E-state index in [1.165, 1.54) is 12.5 Å². The lowest BCUT2D eigenvalue weighted by molar-refractivity contribution is -0.115. The Morgan fingerprint density at radius 1 is 0.875 bits per heavy atom. The molecule has 0 unspecified atom stereocenters. The number of carbonyl (C=O) groups is 1. The summed E-state index contributed by atoms with van der Waals surface area (Å²) in [5.74, 6) is -0.419. The molecule has 0 atom stereocenters. The molecule has 2 N–H and O–H groups in total. The number of hydrazone groups is 1. The third kappa shape index (κ3) is 7.19. The van der Waals surface area contributed by atoms with Crippen LogP contribution in [0.4, 0.5) is 0 Å². The van der Waals surface area contributed by atoms with Crippen molar-refractivity contribution in [2.24, 2.45) is 5.10 Å². The highest BCUT2D eigenvalue weighted by atomic mass is 32.2. The molecule has 2 aromatic carbocycles. The van der Waals surface area contributed by atoms with E-state index in [2.05, 4.69) is 22.2 Å². The molecule has 0 radical (unpaired) electrons. The van der Waals surface area contributed by atoms with Crippen LogP contribution in [0.1, 0.15) is 69.2 Å². The highest BCUT2D eigenvalue weighted by molar-refractivity contribution is 7.89. The Morgan fingerprint density at radius 3 is 1.97 bits per heavy atom. The maximum atomic E-state index is 13.2. The summed E-state index contributed by atoms with van der Waals surface area (Å²) in [4.78, 5) is 15.0. The molecule has 7 heteroatoms. The van der Waals surface area contributed by atoms with Crippen LogP contribution in [0.5, 0.6) is 0 Å². The third-order valence-electron chi connectivity index (χ3n) is 5.11. The molecule has 0 saturated carbocycles. The minimum atomic E-state index is -3.91. The number of aryl methyl sites for hydroxylation is 3. The van der Waals surface area contributed by atoms with Gasteiger partial charge in [-0.2, -0.15) is 18.4 Å². The first kappa shape index (κ1) is 25.6. The van der Waals surface area contributed by atoms with Crippen molar-refractivity contribution in [3.8, 4) is 0 Å². The van der Waals surface area contributed by atoms with E-state index in [-0.39, 0.29) is 5.71 Å². The Bertz CT molecular complexity index is 1000. The van der Waals surface area contributed by atoms with E-state index in [0.717, 1.165) is 42.4 Å². The fourth-order valence-corrected chi connectivity index (χ4v) is 5.01. The van der Waals surface area contributed by atoms with Crippen molar-refractivity contribution in [2.45, 2.75) is 77.7 Å². The van der Waals surface area contributed by atoms with Crippen LogP contribution >= 0.6 is 0 Å². The van der Waals surface area contributed by atoms with E-state index >= 15 is 0 Å². The van der Waals surface area contributed by atoms with Crippen molar-refractivity contribution in [2.75, 3.05) is 0 Å². The molecule has 0 aliphatic rings. The molecule has 174 valence electrons. The second-order valence-corrected chi connectivity index (χ2v) is 9.55. The summed E-state index contributed by atoms with van der Waals surface area (Å²) in [5.41, 5.74) is 3.81. The maximum Gasteiger partial charge on any atom is 0.277 e. The van der Waals surface area contributed by atoms with Gasteiger partial charge in [0.25, 0.3) is 15.9 Å². The van der Waals surface area contributed by atoms with Gasteiger partial charge in [-0.15, -0.1) is 0 Å². The number of nitrogens with zero attached hydrogens (tertiary/aromatic N) is 1. The van der Waals surface area contributed by atoms with Gasteiger partial charge >= 0.3 is 0 Å². The predicted octanol–water partition coefficient (Wildman–Crippen LogP) is 4.51. The molecule has 0 aliphatic carbocycles. The molecule has 2 rings (SSSR count). The summed E-state index contributed by atoms with van der Waals surface area (Å²) in [7, 11) is -3.91. The van der Waals surface area contributed by atoms with Crippen LogP contribution in [0.3, 0.4) is 0 Å². The molecule has 0 aliphatic heterocycles. The van der Waals surface area contributed by atoms with E-state index in [1.54, 1.807) is 0 Å². The first-order valence-corrected chi connectivity index (χ1v) is 12.8. The third-order valence-corrected chi connectivity index (χ3v) is 6.50. The van der Waals surface area contributed by atoms with Crippen LogP contribution in [0, 0.1) is 0 Å². The standard InChI is InChI=1S/C25H35N3O3S/c1-5-11-21-16-22(12-6-2)24(23(17-21)13-7-3)32(30,31)28-27-19(4)25(29)26-18-20-14-9-8-10-15-20/h8-10,14-17,28H,5-7,11-13,18H2,1-4H3,(H,26,29)/b27-19-. The lowest BCUT2D eigenvalue weighted by atomic mass is 9.97. The normalized spacial score (nSPS) is 11.9. The molecule has 6 nitrogen and oxygen atoms in total. The zero-order chi connectivity index (χ0) is 23.6. The van der Waals surface area contributed by atoms with Crippen LogP contribution in [0.25, 0.3) is 0 Å². The monoisotopic (exact) mass is 457 g/mol. The number of benzene rings is 2. The van der Waals surface area contributed by atoms with Crippen molar-refractivity contribution in [3.63, 3.8) is 0 Å². The van der Waals surface area contributed by atoms with E-state index in [9.17, 15) is 13.2 Å². The van der Waals surface area contributed by atoms with Crippen LogP contribution in [-0.4, -0.2) is 20.0 Å². The van der Waals surface area contributed by atoms with E-state index in [0.29, 0.717) is 24.3 Å². The van der Waals surface area contributed by atoms with Gasteiger partial charge in [-0.25, -0.2) is 0 Å². The molecule has 32 heavy (non-hydrogen) atoms. The van der Waals surface area contributed by atoms with Gasteiger partial charge < -0.3 is 5.32 Å². The number of amides is 1. The van der Waals surface area contributed by atoms with E-state index in [4.69, 9.17) is 0 Å². The van der Waals surface area contributed by atoms with Gasteiger partial charge in [-0.3, -0.25) is 4.79 Å². The Morgan fingerprint density at radius 2 is 1.44 bits per heavy atom. The number of carbonyl (C=O) groups excluding carboxylic acids is 1. The van der Waals surface area contributed by atoms with Crippen LogP contribution < -0.4 is 10.1 Å². The molecule has 0 bridgehead atoms. The van der Waals surface area contributed by atoms with Crippen molar-refractivity contribution < 1.29 is 13.2 Å². The summed E-state index contributed by atoms with van der Waals surface area (Å²) in [5, 5.41) is 6.67. The number of rotatable bonds is 12. The van der Waals surface area contributed by atoms with Gasteiger partial charge in [0.15, 0.2) is 0 Å². The lowest BCUT2D eigenvalue weighted by Crippen LogP contribution is -2.31. The minimum Gasteiger partial charge on any atom is -0.347 e. The molecule has 1 amide bonds. The van der Waals surface area contributed by atoms with Crippen molar-refractivity contribution in [1.82, 2.24) is 10.1 Å².